The van der Waals surface area contributed by atoms with E-state index >= 15 is 0 Å². The molecule has 28 heavy (non-hydrogen) atoms. The fraction of sp³-hybridized carbons (Fsp3) is 0.222. The van der Waals surface area contributed by atoms with Crippen molar-refractivity contribution in [1.82, 2.24) is 19.1 Å². The van der Waals surface area contributed by atoms with E-state index in [1.54, 1.807) is 41.8 Å². The Balaban J connectivity index is 1.99. The summed E-state index contributed by atoms with van der Waals surface area (Å²) in [6.07, 6.45) is 1.72. The Morgan fingerprint density at radius 1 is 1.29 bits per heavy atom. The van der Waals surface area contributed by atoms with E-state index in [0.29, 0.717) is 20.8 Å². The third kappa shape index (κ3) is 4.24. The minimum atomic E-state index is -0.556. The lowest BCUT2D eigenvalue weighted by atomic mass is 10.1. The smallest absolute Gasteiger partial charge is 0.309 e. The number of rotatable bonds is 6. The highest BCUT2D eigenvalue weighted by Gasteiger charge is 2.18. The van der Waals surface area contributed by atoms with Gasteiger partial charge in [0.05, 0.1) is 5.75 Å². The number of benzene rings is 1. The Morgan fingerprint density at radius 2 is 1.96 bits per heavy atom. The fourth-order valence-corrected chi connectivity index (χ4v) is 3.65. The number of hydrogen-bond acceptors (Lipinski definition) is 5. The normalized spacial score (nSPS) is 11.9. The van der Waals surface area contributed by atoms with Crippen LogP contribution in [0.5, 0.6) is 0 Å². The number of thioether (sulfide) groups is 1. The molecule has 0 saturated heterocycles. The first-order valence-corrected chi connectivity index (χ1v) is 9.95. The molecule has 0 amide bonds. The highest BCUT2D eigenvalue weighted by Crippen LogP contribution is 2.23. The van der Waals surface area contributed by atoms with Crippen LogP contribution in [0.4, 0.5) is 0 Å². The van der Waals surface area contributed by atoms with Gasteiger partial charge in [-0.15, -0.1) is 0 Å². The summed E-state index contributed by atoms with van der Waals surface area (Å²) >= 11 is 13.0. The van der Waals surface area contributed by atoms with Crippen molar-refractivity contribution in [2.45, 2.75) is 18.6 Å². The first kappa shape index (κ1) is 20.4. The van der Waals surface area contributed by atoms with E-state index in [1.165, 1.54) is 23.4 Å². The first-order valence-electron chi connectivity index (χ1n) is 8.21. The van der Waals surface area contributed by atoms with Gasteiger partial charge < -0.3 is 4.57 Å². The van der Waals surface area contributed by atoms with Crippen molar-refractivity contribution >= 4 is 51.9 Å². The van der Waals surface area contributed by atoms with Crippen LogP contribution >= 0.6 is 35.0 Å². The zero-order valence-electron chi connectivity index (χ0n) is 15.0. The van der Waals surface area contributed by atoms with E-state index in [-0.39, 0.29) is 29.2 Å². The zero-order chi connectivity index (χ0) is 20.4. The van der Waals surface area contributed by atoms with Crippen molar-refractivity contribution in [1.29, 1.82) is 0 Å². The van der Waals surface area contributed by atoms with Crippen molar-refractivity contribution in [2.24, 2.45) is 7.05 Å². The number of carbonyl (C=O) groups is 1. The third-order valence-electron chi connectivity index (χ3n) is 4.03. The van der Waals surface area contributed by atoms with Crippen LogP contribution in [-0.4, -0.2) is 30.6 Å². The summed E-state index contributed by atoms with van der Waals surface area (Å²) in [5.74, 6) is 0.00698. The highest BCUT2D eigenvalue weighted by molar-refractivity contribution is 7.99. The molecule has 10 heteroatoms. The molecule has 0 unspecified atom stereocenters. The van der Waals surface area contributed by atoms with Crippen LogP contribution in [0.15, 0.2) is 50.1 Å². The van der Waals surface area contributed by atoms with Crippen molar-refractivity contribution in [2.75, 3.05) is 5.75 Å². The quantitative estimate of drug-likeness (QED) is 0.471. The number of aromatic amines is 1. The first-order chi connectivity index (χ1) is 13.3. The molecule has 3 aromatic rings. The summed E-state index contributed by atoms with van der Waals surface area (Å²) < 4.78 is 2.90. The molecule has 1 aromatic carbocycles. The number of allylic oxidation sites excluding steroid dienone is 2. The number of aryl methyl sites for hydroxylation is 1. The van der Waals surface area contributed by atoms with Crippen LogP contribution < -0.4 is 11.2 Å². The van der Waals surface area contributed by atoms with Gasteiger partial charge in [-0.25, -0.2) is 9.78 Å². The minimum Gasteiger partial charge on any atom is -0.309 e. The molecule has 7 nitrogen and oxygen atoms in total. The summed E-state index contributed by atoms with van der Waals surface area (Å²) in [4.78, 5) is 43.4. The van der Waals surface area contributed by atoms with Crippen LogP contribution in [0.3, 0.4) is 0 Å². The van der Waals surface area contributed by atoms with Crippen LogP contribution in [-0.2, 0) is 13.6 Å². The van der Waals surface area contributed by atoms with Gasteiger partial charge in [-0.05, 0) is 31.2 Å². The molecule has 0 spiro atoms. The van der Waals surface area contributed by atoms with Gasteiger partial charge in [0, 0.05) is 29.2 Å². The molecule has 2 heterocycles. The second kappa shape index (κ2) is 8.38. The largest absolute Gasteiger partial charge is 0.329 e. The Labute approximate surface area is 174 Å². The molecule has 2 aromatic heterocycles. The third-order valence-corrected chi connectivity index (χ3v) is 5.41. The molecule has 0 radical (unpaired) electrons. The standard InChI is InChI=1S/C18H16Cl2N4O3S/c1-10(19)7-8-24-14-15(23(2)17(27)22-16(14)26)21-18(24)28-9-13(25)11-3-5-12(20)6-4-11/h3-7H,8-9H2,1-2H3,(H,22,26,27). The zero-order valence-corrected chi connectivity index (χ0v) is 17.4. The molecule has 1 N–H and O–H groups in total. The van der Waals surface area contributed by atoms with Gasteiger partial charge in [-0.3, -0.25) is 19.1 Å². The van der Waals surface area contributed by atoms with Gasteiger partial charge >= 0.3 is 5.69 Å². The van der Waals surface area contributed by atoms with E-state index in [0.717, 1.165) is 0 Å². The summed E-state index contributed by atoms with van der Waals surface area (Å²) in [5.41, 5.74) is -0.0723. The van der Waals surface area contributed by atoms with Crippen LogP contribution in [0, 0.1) is 0 Å². The lowest BCUT2D eigenvalue weighted by Crippen LogP contribution is -2.29. The van der Waals surface area contributed by atoms with Gasteiger partial charge in [0.25, 0.3) is 5.56 Å². The van der Waals surface area contributed by atoms with Gasteiger partial charge in [-0.1, -0.05) is 41.0 Å². The van der Waals surface area contributed by atoms with Crippen molar-refractivity contribution in [3.05, 3.63) is 66.8 Å². The number of aromatic nitrogens is 4. The van der Waals surface area contributed by atoms with E-state index in [1.807, 2.05) is 0 Å². The molecule has 0 saturated carbocycles. The fourth-order valence-electron chi connectivity index (χ4n) is 2.56. The predicted molar refractivity (Wildman–Crippen MR) is 112 cm³/mol. The number of Topliss-reactive ketones (excluding diaryl/α,β-unsaturated/α-hetero) is 1. The molecule has 0 aliphatic rings. The van der Waals surface area contributed by atoms with Crippen LogP contribution in [0.2, 0.25) is 5.02 Å². The highest BCUT2D eigenvalue weighted by atomic mass is 35.5. The molecule has 146 valence electrons. The van der Waals surface area contributed by atoms with E-state index < -0.39 is 11.2 Å². The van der Waals surface area contributed by atoms with E-state index in [4.69, 9.17) is 23.2 Å². The van der Waals surface area contributed by atoms with Crippen LogP contribution in [0.1, 0.15) is 17.3 Å². The number of H-pyrrole nitrogens is 1. The van der Waals surface area contributed by atoms with E-state index in [2.05, 4.69) is 9.97 Å². The number of nitrogens with one attached hydrogen (secondary N) is 1. The molecule has 0 bridgehead atoms. The summed E-state index contributed by atoms with van der Waals surface area (Å²) in [5, 5.41) is 1.55. The second-order valence-corrected chi connectivity index (χ2v) is 7.98. The number of hydrogen-bond donors (Lipinski definition) is 1. The van der Waals surface area contributed by atoms with Crippen LogP contribution in [0.25, 0.3) is 11.2 Å². The average molecular weight is 439 g/mol. The van der Waals surface area contributed by atoms with Gasteiger partial charge in [0.15, 0.2) is 22.1 Å². The average Bonchev–Trinajstić information content (AvgIpc) is 3.02. The Morgan fingerprint density at radius 3 is 2.61 bits per heavy atom. The number of nitrogens with zero attached hydrogens (tertiary/aromatic N) is 3. The Hall–Kier alpha value is -2.29. The SMILES string of the molecule is CC(Cl)=CCn1c(SCC(=O)c2ccc(Cl)cc2)nc2c1c(=O)[nH]c(=O)n2C. The molecular weight excluding hydrogens is 423 g/mol. The maximum Gasteiger partial charge on any atom is 0.329 e. The van der Waals surface area contributed by atoms with Crippen molar-refractivity contribution < 1.29 is 4.79 Å². The van der Waals surface area contributed by atoms with Crippen molar-refractivity contribution in [3.8, 4) is 0 Å². The number of imidazole rings is 1. The second-order valence-electron chi connectivity index (χ2n) is 6.01. The number of fused-ring (bicyclic) bond motifs is 1. The summed E-state index contributed by atoms with van der Waals surface area (Å²) in [6.45, 7) is 2.00. The lowest BCUT2D eigenvalue weighted by molar-refractivity contribution is 0.102. The summed E-state index contributed by atoms with van der Waals surface area (Å²) in [7, 11) is 1.52. The monoisotopic (exact) mass is 438 g/mol. The maximum absolute atomic E-state index is 12.5. The number of carbonyl (C=O) groups excluding carboxylic acids is 1. The minimum absolute atomic E-state index is 0.105. The maximum atomic E-state index is 12.5. The van der Waals surface area contributed by atoms with Gasteiger partial charge in [-0.2, -0.15) is 0 Å². The predicted octanol–water partition coefficient (Wildman–Crippen LogP) is 3.19. The number of halogens is 2. The number of ketones is 1. The molecule has 3 rings (SSSR count). The summed E-state index contributed by atoms with van der Waals surface area (Å²) in [6, 6.07) is 6.61. The molecular formula is C18H16Cl2N4O3S. The topological polar surface area (TPSA) is 89.8 Å². The lowest BCUT2D eigenvalue weighted by Gasteiger charge is -2.06. The molecule has 0 aliphatic heterocycles. The Bertz CT molecular complexity index is 1190. The van der Waals surface area contributed by atoms with E-state index in [9.17, 15) is 14.4 Å². The molecule has 0 aliphatic carbocycles. The Kier molecular flexibility index (Phi) is 6.12. The van der Waals surface area contributed by atoms with Gasteiger partial charge in [0.2, 0.25) is 0 Å². The molecule has 0 fully saturated rings. The van der Waals surface area contributed by atoms with Crippen molar-refractivity contribution in [3.63, 3.8) is 0 Å². The molecule has 0 atom stereocenters. The van der Waals surface area contributed by atoms with Gasteiger partial charge in [0.1, 0.15) is 0 Å².